The summed E-state index contributed by atoms with van der Waals surface area (Å²) in [6, 6.07) is 5.41. The Labute approximate surface area is 172 Å². The van der Waals surface area contributed by atoms with Gasteiger partial charge in [0.25, 0.3) is 0 Å². The van der Waals surface area contributed by atoms with Crippen LogP contribution in [0.2, 0.25) is 0 Å². The van der Waals surface area contributed by atoms with Crippen LogP contribution in [0.15, 0.2) is 24.4 Å². The molecule has 0 bridgehead atoms. The van der Waals surface area contributed by atoms with E-state index < -0.39 is 6.61 Å². The molecule has 0 saturated carbocycles. The van der Waals surface area contributed by atoms with Crippen LogP contribution < -0.4 is 24.8 Å². The molecule has 1 fully saturated rings. The fourth-order valence-corrected chi connectivity index (χ4v) is 4.05. The molecule has 1 aromatic heterocycles. The first-order valence-electron chi connectivity index (χ1n) is 9.66. The summed E-state index contributed by atoms with van der Waals surface area (Å²) < 4.78 is 42.8. The molecule has 0 aliphatic carbocycles. The van der Waals surface area contributed by atoms with Crippen LogP contribution >= 0.6 is 0 Å². The molecule has 2 aliphatic rings. The lowest BCUT2D eigenvalue weighted by atomic mass is 9.85. The Morgan fingerprint density at radius 2 is 2.20 bits per heavy atom. The molecule has 160 valence electrons. The highest BCUT2D eigenvalue weighted by atomic mass is 19.3. The zero-order valence-corrected chi connectivity index (χ0v) is 16.9. The zero-order valence-electron chi connectivity index (χ0n) is 16.9. The van der Waals surface area contributed by atoms with Gasteiger partial charge in [0.1, 0.15) is 19.0 Å². The van der Waals surface area contributed by atoms with Crippen LogP contribution in [0.25, 0.3) is 11.1 Å². The first-order valence-corrected chi connectivity index (χ1v) is 9.66. The molecule has 1 saturated heterocycles. The van der Waals surface area contributed by atoms with Crippen molar-refractivity contribution in [2.24, 2.45) is 0 Å². The number of amides is 1. The van der Waals surface area contributed by atoms with Crippen LogP contribution in [0.4, 0.5) is 14.6 Å². The maximum atomic E-state index is 13.2. The number of aromatic nitrogens is 1. The lowest BCUT2D eigenvalue weighted by Gasteiger charge is -2.45. The predicted molar refractivity (Wildman–Crippen MR) is 106 cm³/mol. The second kappa shape index (κ2) is 7.71. The summed E-state index contributed by atoms with van der Waals surface area (Å²) >= 11 is 0. The third kappa shape index (κ3) is 4.02. The molecule has 2 atom stereocenters. The van der Waals surface area contributed by atoms with E-state index >= 15 is 0 Å². The van der Waals surface area contributed by atoms with Crippen molar-refractivity contribution in [2.75, 3.05) is 11.9 Å². The Morgan fingerprint density at radius 1 is 1.43 bits per heavy atom. The number of hydrogen-bond donors (Lipinski definition) is 2. The van der Waals surface area contributed by atoms with Gasteiger partial charge in [-0.05, 0) is 44.0 Å². The van der Waals surface area contributed by atoms with Crippen molar-refractivity contribution in [3.8, 4) is 28.4 Å². The lowest BCUT2D eigenvalue weighted by Crippen LogP contribution is -2.63. The largest absolute Gasteiger partial charge is 0.488 e. The Hall–Kier alpha value is -2.94. The van der Waals surface area contributed by atoms with Crippen molar-refractivity contribution in [1.82, 2.24) is 10.3 Å². The molecule has 30 heavy (non-hydrogen) atoms. The number of nitrogens with zero attached hydrogens (tertiary/aromatic N) is 1. The van der Waals surface area contributed by atoms with Crippen molar-refractivity contribution < 1.29 is 27.8 Å². The summed E-state index contributed by atoms with van der Waals surface area (Å²) in [6.45, 7) is 2.88. The molecule has 7 nitrogen and oxygen atoms in total. The third-order valence-corrected chi connectivity index (χ3v) is 5.13. The zero-order chi connectivity index (χ0) is 21.5. The Morgan fingerprint density at radius 3 is 2.87 bits per heavy atom. The summed E-state index contributed by atoms with van der Waals surface area (Å²) in [4.78, 5) is 15.5. The summed E-state index contributed by atoms with van der Waals surface area (Å²) in [5, 5.41) is 5.98. The molecule has 0 spiro atoms. The second-order valence-corrected chi connectivity index (χ2v) is 7.94. The Kier molecular flexibility index (Phi) is 5.23. The number of fused-ring (bicyclic) bond motifs is 3. The Balaban J connectivity index is 1.69. The number of carbonyl (C=O) groups is 1. The number of nitrogens with one attached hydrogen (secondary N) is 2. The van der Waals surface area contributed by atoms with Gasteiger partial charge < -0.3 is 24.8 Å². The molecular weight excluding hydrogens is 396 g/mol. The van der Waals surface area contributed by atoms with Crippen LogP contribution in [0.3, 0.4) is 0 Å². The first kappa shape index (κ1) is 20.3. The van der Waals surface area contributed by atoms with Crippen molar-refractivity contribution in [2.45, 2.75) is 52.0 Å². The fourth-order valence-electron chi connectivity index (χ4n) is 4.05. The van der Waals surface area contributed by atoms with Crippen LogP contribution in [0, 0.1) is 0 Å². The molecule has 2 N–H and O–H groups in total. The van der Waals surface area contributed by atoms with Crippen molar-refractivity contribution in [3.05, 3.63) is 30.0 Å². The average Bonchev–Trinajstić information content (AvgIpc) is 2.65. The van der Waals surface area contributed by atoms with Gasteiger partial charge in [-0.3, -0.25) is 4.79 Å². The minimum atomic E-state index is -3.03. The average molecular weight is 419 g/mol. The highest BCUT2D eigenvalue weighted by Gasteiger charge is 2.38. The van der Waals surface area contributed by atoms with E-state index in [4.69, 9.17) is 14.2 Å². The summed E-state index contributed by atoms with van der Waals surface area (Å²) in [7, 11) is 0. The van der Waals surface area contributed by atoms with Crippen molar-refractivity contribution in [3.63, 3.8) is 0 Å². The summed E-state index contributed by atoms with van der Waals surface area (Å²) in [5.41, 5.74) is 1.84. The number of hydrogen-bond acceptors (Lipinski definition) is 6. The van der Waals surface area contributed by atoms with E-state index in [-0.39, 0.29) is 35.3 Å². The predicted octanol–water partition coefficient (Wildman–Crippen LogP) is 3.72. The van der Waals surface area contributed by atoms with Crippen molar-refractivity contribution >= 4 is 11.7 Å². The van der Waals surface area contributed by atoms with Crippen LogP contribution in [0.5, 0.6) is 17.2 Å². The molecule has 1 amide bonds. The number of alkyl halides is 2. The van der Waals surface area contributed by atoms with E-state index in [0.29, 0.717) is 24.0 Å². The van der Waals surface area contributed by atoms with Gasteiger partial charge in [-0.1, -0.05) is 0 Å². The SMILES string of the molecule is CC(=O)Nc1cc2c(cn1)COc1c-2ccc(OCC2(C)CC(C)N2)c1OC(F)F. The van der Waals surface area contributed by atoms with Gasteiger partial charge >= 0.3 is 6.61 Å². The Bertz CT molecular complexity index is 977. The normalized spacial score (nSPS) is 21.7. The summed E-state index contributed by atoms with van der Waals surface area (Å²) in [6.07, 6.45) is 2.51. The topological polar surface area (TPSA) is 81.7 Å². The van der Waals surface area contributed by atoms with Gasteiger partial charge in [0.15, 0.2) is 11.5 Å². The molecule has 4 rings (SSSR count). The molecule has 2 aromatic rings. The summed E-state index contributed by atoms with van der Waals surface area (Å²) in [5.74, 6) is 0.343. The molecule has 0 radical (unpaired) electrons. The first-order chi connectivity index (χ1) is 14.2. The molecule has 2 aliphatic heterocycles. The smallest absolute Gasteiger partial charge is 0.387 e. The number of carbonyl (C=O) groups excluding carboxylic acids is 1. The van der Waals surface area contributed by atoms with E-state index in [0.717, 1.165) is 17.5 Å². The molecule has 1 aromatic carbocycles. The van der Waals surface area contributed by atoms with Gasteiger partial charge in [-0.15, -0.1) is 0 Å². The van der Waals surface area contributed by atoms with E-state index in [1.807, 2.05) is 6.92 Å². The lowest BCUT2D eigenvalue weighted by molar-refractivity contribution is -0.114. The van der Waals surface area contributed by atoms with Crippen LogP contribution in [-0.2, 0) is 11.4 Å². The van der Waals surface area contributed by atoms with Crippen LogP contribution in [-0.4, -0.2) is 35.7 Å². The molecular formula is C21H23F2N3O4. The van der Waals surface area contributed by atoms with Crippen molar-refractivity contribution in [1.29, 1.82) is 0 Å². The minimum Gasteiger partial charge on any atom is -0.488 e. The standard InChI is InChI=1S/C21H23F2N3O4/c1-11-7-21(3,26-11)10-29-16-5-4-14-15-6-17(25-12(2)27)24-8-13(15)9-28-18(14)19(16)30-20(22)23/h4-6,8,11,20,26H,7,9-10H2,1-3H3,(H,24,25,27). The second-order valence-electron chi connectivity index (χ2n) is 7.94. The minimum absolute atomic E-state index is 0.134. The fraction of sp³-hybridized carbons (Fsp3) is 0.429. The number of rotatable bonds is 6. The quantitative estimate of drug-likeness (QED) is 0.743. The molecule has 2 unspecified atom stereocenters. The highest BCUT2D eigenvalue weighted by Crippen LogP contribution is 2.49. The maximum absolute atomic E-state index is 13.2. The molecule has 9 heteroatoms. The van der Waals surface area contributed by atoms with E-state index in [1.165, 1.54) is 6.92 Å². The monoisotopic (exact) mass is 419 g/mol. The van der Waals surface area contributed by atoms with Gasteiger partial charge in [-0.2, -0.15) is 8.78 Å². The number of ether oxygens (including phenoxy) is 3. The number of benzene rings is 1. The highest BCUT2D eigenvalue weighted by molar-refractivity contribution is 5.89. The molecule has 3 heterocycles. The van der Waals surface area contributed by atoms with Gasteiger partial charge in [0.05, 0.1) is 5.54 Å². The van der Waals surface area contributed by atoms with E-state index in [9.17, 15) is 13.6 Å². The van der Waals surface area contributed by atoms with E-state index in [2.05, 4.69) is 22.5 Å². The number of anilines is 1. The number of halogens is 2. The third-order valence-electron chi connectivity index (χ3n) is 5.13. The van der Waals surface area contributed by atoms with E-state index in [1.54, 1.807) is 24.4 Å². The van der Waals surface area contributed by atoms with Gasteiger partial charge in [0.2, 0.25) is 11.7 Å². The maximum Gasteiger partial charge on any atom is 0.387 e. The number of pyridine rings is 1. The van der Waals surface area contributed by atoms with Gasteiger partial charge in [0, 0.05) is 30.3 Å². The van der Waals surface area contributed by atoms with Crippen LogP contribution in [0.1, 0.15) is 32.8 Å². The van der Waals surface area contributed by atoms with Gasteiger partial charge in [-0.25, -0.2) is 4.98 Å².